The lowest BCUT2D eigenvalue weighted by Crippen LogP contribution is -2.38. The van der Waals surface area contributed by atoms with E-state index in [1.54, 1.807) is 6.07 Å². The van der Waals surface area contributed by atoms with Crippen LogP contribution in [0, 0.1) is 5.92 Å². The third-order valence-corrected chi connectivity index (χ3v) is 5.75. The summed E-state index contributed by atoms with van der Waals surface area (Å²) in [5.41, 5.74) is 1.11. The third kappa shape index (κ3) is 3.57. The Bertz CT molecular complexity index is 517. The van der Waals surface area contributed by atoms with Gasteiger partial charge in [-0.05, 0) is 49.4 Å². The molecule has 1 atom stereocenters. The van der Waals surface area contributed by atoms with Crippen molar-refractivity contribution < 1.29 is 8.42 Å². The zero-order chi connectivity index (χ0) is 13.9. The summed E-state index contributed by atoms with van der Waals surface area (Å²) in [4.78, 5) is 0.486. The van der Waals surface area contributed by atoms with Crippen LogP contribution in [0.25, 0.3) is 0 Å². The molecule has 1 N–H and O–H groups in total. The van der Waals surface area contributed by atoms with E-state index in [-0.39, 0.29) is 5.25 Å². The number of rotatable bonds is 4. The summed E-state index contributed by atoms with van der Waals surface area (Å²) in [6.07, 6.45) is 2.63. The van der Waals surface area contributed by atoms with Gasteiger partial charge in [0, 0.05) is 6.54 Å². The predicted octanol–water partition coefficient (Wildman–Crippen LogP) is 2.41. The van der Waals surface area contributed by atoms with Crippen LogP contribution in [0.15, 0.2) is 29.2 Å². The van der Waals surface area contributed by atoms with Gasteiger partial charge in [0.25, 0.3) is 0 Å². The van der Waals surface area contributed by atoms with Gasteiger partial charge in [0.1, 0.15) is 0 Å². The summed E-state index contributed by atoms with van der Waals surface area (Å²) in [6.45, 7) is 5.80. The molecule has 1 saturated heterocycles. The van der Waals surface area contributed by atoms with Crippen molar-refractivity contribution in [3.63, 3.8) is 0 Å². The smallest absolute Gasteiger partial charge is 0.182 e. The Morgan fingerprint density at radius 3 is 2.79 bits per heavy atom. The van der Waals surface area contributed by atoms with E-state index in [4.69, 9.17) is 0 Å². The highest BCUT2D eigenvalue weighted by Crippen LogP contribution is 2.22. The molecular formula is C15H23NO2S. The molecule has 3 nitrogen and oxygen atoms in total. The first-order chi connectivity index (χ1) is 9.00. The molecule has 4 heteroatoms. The van der Waals surface area contributed by atoms with Crippen LogP contribution in [0.4, 0.5) is 0 Å². The molecule has 1 aliphatic rings. The molecule has 0 bridgehead atoms. The standard InChI is InChI=1S/C15H23NO2S/c1-12(2)9-13-5-3-6-14(10-13)19(17,18)15-7-4-8-16-11-15/h3,5-6,10,12,15-16H,4,7-9,11H2,1-2H3. The van der Waals surface area contributed by atoms with Crippen LogP contribution in [-0.2, 0) is 16.3 Å². The fourth-order valence-electron chi connectivity index (χ4n) is 2.60. The minimum atomic E-state index is -3.18. The van der Waals surface area contributed by atoms with Crippen LogP contribution >= 0.6 is 0 Å². The van der Waals surface area contributed by atoms with Crippen LogP contribution in [0.1, 0.15) is 32.3 Å². The van der Waals surface area contributed by atoms with Crippen LogP contribution in [0.5, 0.6) is 0 Å². The summed E-state index contributed by atoms with van der Waals surface area (Å²) in [7, 11) is -3.18. The lowest BCUT2D eigenvalue weighted by Gasteiger charge is -2.23. The largest absolute Gasteiger partial charge is 0.315 e. The van der Waals surface area contributed by atoms with E-state index in [1.165, 1.54) is 0 Å². The number of nitrogens with one attached hydrogen (secondary N) is 1. The maximum Gasteiger partial charge on any atom is 0.182 e. The Kier molecular flexibility index (Phi) is 4.63. The summed E-state index contributed by atoms with van der Waals surface area (Å²) in [5, 5.41) is 2.91. The normalized spacial score (nSPS) is 20.7. The fourth-order valence-corrected chi connectivity index (χ4v) is 4.38. The van der Waals surface area contributed by atoms with Crippen LogP contribution in [0.3, 0.4) is 0 Å². The van der Waals surface area contributed by atoms with Crippen molar-refractivity contribution in [2.75, 3.05) is 13.1 Å². The molecule has 106 valence electrons. The van der Waals surface area contributed by atoms with Crippen LogP contribution < -0.4 is 5.32 Å². The van der Waals surface area contributed by atoms with Gasteiger partial charge in [0.15, 0.2) is 9.84 Å². The van der Waals surface area contributed by atoms with E-state index < -0.39 is 9.84 Å². The molecule has 19 heavy (non-hydrogen) atoms. The maximum atomic E-state index is 12.6. The van der Waals surface area contributed by atoms with Crippen molar-refractivity contribution in [1.29, 1.82) is 0 Å². The Labute approximate surface area is 116 Å². The lowest BCUT2D eigenvalue weighted by molar-refractivity contribution is 0.496. The lowest BCUT2D eigenvalue weighted by atomic mass is 10.0. The highest BCUT2D eigenvalue weighted by Gasteiger charge is 2.28. The number of piperidine rings is 1. The minimum Gasteiger partial charge on any atom is -0.315 e. The molecule has 0 radical (unpaired) electrons. The molecule has 0 amide bonds. The Morgan fingerprint density at radius 2 is 2.16 bits per heavy atom. The minimum absolute atomic E-state index is 0.268. The monoisotopic (exact) mass is 281 g/mol. The molecule has 0 saturated carbocycles. The highest BCUT2D eigenvalue weighted by atomic mass is 32.2. The van der Waals surface area contributed by atoms with Crippen molar-refractivity contribution in [2.45, 2.75) is 43.3 Å². The van der Waals surface area contributed by atoms with Gasteiger partial charge in [0.2, 0.25) is 0 Å². The number of benzene rings is 1. The van der Waals surface area contributed by atoms with E-state index in [2.05, 4.69) is 19.2 Å². The topological polar surface area (TPSA) is 46.2 Å². The molecule has 0 aliphatic carbocycles. The SMILES string of the molecule is CC(C)Cc1cccc(S(=O)(=O)C2CCCNC2)c1. The van der Waals surface area contributed by atoms with Crippen LogP contribution in [-0.4, -0.2) is 26.8 Å². The molecule has 1 aromatic carbocycles. The van der Waals surface area contributed by atoms with E-state index in [0.717, 1.165) is 31.4 Å². The third-order valence-electron chi connectivity index (χ3n) is 3.56. The van der Waals surface area contributed by atoms with Gasteiger partial charge in [-0.2, -0.15) is 0 Å². The molecule has 1 aliphatic heterocycles. The first-order valence-electron chi connectivity index (χ1n) is 7.03. The van der Waals surface area contributed by atoms with Gasteiger partial charge in [-0.15, -0.1) is 0 Å². The maximum absolute atomic E-state index is 12.6. The quantitative estimate of drug-likeness (QED) is 0.922. The zero-order valence-electron chi connectivity index (χ0n) is 11.7. The number of hydrogen-bond acceptors (Lipinski definition) is 3. The molecule has 2 rings (SSSR count). The molecule has 1 fully saturated rings. The van der Waals surface area contributed by atoms with Crippen LogP contribution in [0.2, 0.25) is 0 Å². The van der Waals surface area contributed by atoms with Gasteiger partial charge in [-0.1, -0.05) is 26.0 Å². The second-order valence-corrected chi connectivity index (χ2v) is 7.99. The zero-order valence-corrected chi connectivity index (χ0v) is 12.5. The molecule has 0 aromatic heterocycles. The molecule has 1 heterocycles. The van der Waals surface area contributed by atoms with Crippen molar-refractivity contribution in [1.82, 2.24) is 5.32 Å². The Morgan fingerprint density at radius 1 is 1.37 bits per heavy atom. The van der Waals surface area contributed by atoms with E-state index >= 15 is 0 Å². The van der Waals surface area contributed by atoms with Gasteiger partial charge in [-0.3, -0.25) is 0 Å². The molecular weight excluding hydrogens is 258 g/mol. The van der Waals surface area contributed by atoms with Gasteiger partial charge < -0.3 is 5.32 Å². The molecule has 1 unspecified atom stereocenters. The average molecular weight is 281 g/mol. The van der Waals surface area contributed by atoms with Crippen molar-refractivity contribution in [3.05, 3.63) is 29.8 Å². The van der Waals surface area contributed by atoms with Crippen molar-refractivity contribution in [3.8, 4) is 0 Å². The molecule has 0 spiro atoms. The van der Waals surface area contributed by atoms with Gasteiger partial charge >= 0.3 is 0 Å². The average Bonchev–Trinajstić information content (AvgIpc) is 2.39. The summed E-state index contributed by atoms with van der Waals surface area (Å²) < 4.78 is 25.2. The van der Waals surface area contributed by atoms with Crippen molar-refractivity contribution in [2.24, 2.45) is 5.92 Å². The highest BCUT2D eigenvalue weighted by molar-refractivity contribution is 7.92. The van der Waals surface area contributed by atoms with E-state index in [9.17, 15) is 8.42 Å². The second-order valence-electron chi connectivity index (χ2n) is 5.76. The van der Waals surface area contributed by atoms with Crippen molar-refractivity contribution >= 4 is 9.84 Å². The first-order valence-corrected chi connectivity index (χ1v) is 8.58. The summed E-state index contributed by atoms with van der Waals surface area (Å²) in [6, 6.07) is 7.46. The summed E-state index contributed by atoms with van der Waals surface area (Å²) >= 11 is 0. The summed E-state index contributed by atoms with van der Waals surface area (Å²) in [5.74, 6) is 0.536. The Balaban J connectivity index is 2.24. The number of hydrogen-bond donors (Lipinski definition) is 1. The predicted molar refractivity (Wildman–Crippen MR) is 78.1 cm³/mol. The first kappa shape index (κ1) is 14.5. The molecule has 1 aromatic rings. The number of sulfone groups is 1. The second kappa shape index (κ2) is 6.06. The van der Waals surface area contributed by atoms with Gasteiger partial charge in [0.05, 0.1) is 10.1 Å². The van der Waals surface area contributed by atoms with E-state index in [0.29, 0.717) is 17.4 Å². The van der Waals surface area contributed by atoms with Gasteiger partial charge in [-0.25, -0.2) is 8.42 Å². The fraction of sp³-hybridized carbons (Fsp3) is 0.600. The Hall–Kier alpha value is -0.870. The van der Waals surface area contributed by atoms with E-state index in [1.807, 2.05) is 18.2 Å².